The van der Waals surface area contributed by atoms with Crippen molar-refractivity contribution in [3.63, 3.8) is 0 Å². The van der Waals surface area contributed by atoms with Crippen LogP contribution in [0, 0.1) is 0 Å². The Hall–Kier alpha value is -1.53. The highest BCUT2D eigenvalue weighted by molar-refractivity contribution is 7.90. The summed E-state index contributed by atoms with van der Waals surface area (Å²) in [5.74, 6) is 0.235. The van der Waals surface area contributed by atoms with Crippen molar-refractivity contribution in [3.05, 3.63) is 41.9 Å². The number of imidazole rings is 1. The molecule has 96 valence electrons. The van der Waals surface area contributed by atoms with Crippen LogP contribution in [0.2, 0.25) is 5.02 Å². The average molecular weight is 287 g/mol. The second-order valence-electron chi connectivity index (χ2n) is 3.42. The van der Waals surface area contributed by atoms with E-state index >= 15 is 0 Å². The first kappa shape index (κ1) is 12.9. The van der Waals surface area contributed by atoms with Crippen LogP contribution in [0.3, 0.4) is 0 Å². The average Bonchev–Trinajstić information content (AvgIpc) is 2.83. The molecule has 0 N–H and O–H groups in total. The lowest BCUT2D eigenvalue weighted by atomic mass is 10.3. The van der Waals surface area contributed by atoms with Gasteiger partial charge in [-0.15, -0.1) is 0 Å². The number of aromatic nitrogens is 2. The molecule has 2 aromatic rings. The quantitative estimate of drug-likeness (QED) is 0.864. The number of hydrogen-bond donors (Lipinski definition) is 0. The molecule has 0 unspecified atom stereocenters. The van der Waals surface area contributed by atoms with E-state index in [1.54, 1.807) is 6.92 Å². The fraction of sp³-hybridized carbons (Fsp3) is 0.182. The molecule has 0 atom stereocenters. The Kier molecular flexibility index (Phi) is 3.58. The summed E-state index contributed by atoms with van der Waals surface area (Å²) in [5, 5.41) is 0.419. The molecule has 0 spiro atoms. The van der Waals surface area contributed by atoms with Gasteiger partial charge in [0.05, 0.1) is 6.61 Å². The standard InChI is InChI=1S/C11H11ClN2O3S/c1-2-17-10-7-9(12)3-4-11(10)18(15,16)14-6-5-13-8-14/h3-8H,2H2,1H3. The van der Waals surface area contributed by atoms with Gasteiger partial charge in [0.2, 0.25) is 0 Å². The van der Waals surface area contributed by atoms with Gasteiger partial charge in [0, 0.05) is 23.5 Å². The zero-order valence-electron chi connectivity index (χ0n) is 9.58. The van der Waals surface area contributed by atoms with Crippen LogP contribution in [0.15, 0.2) is 41.8 Å². The normalized spacial score (nSPS) is 11.4. The molecular weight excluding hydrogens is 276 g/mol. The zero-order chi connectivity index (χ0) is 13.2. The molecule has 0 aliphatic rings. The Morgan fingerprint density at radius 2 is 2.22 bits per heavy atom. The first-order chi connectivity index (χ1) is 8.55. The maximum Gasteiger partial charge on any atom is 0.272 e. The van der Waals surface area contributed by atoms with Gasteiger partial charge in [-0.1, -0.05) is 11.6 Å². The van der Waals surface area contributed by atoms with Crippen LogP contribution in [0.25, 0.3) is 0 Å². The predicted octanol–water partition coefficient (Wildman–Crippen LogP) is 2.17. The minimum atomic E-state index is -3.69. The highest BCUT2D eigenvalue weighted by Gasteiger charge is 2.21. The van der Waals surface area contributed by atoms with Gasteiger partial charge >= 0.3 is 0 Å². The van der Waals surface area contributed by atoms with Crippen molar-refractivity contribution in [1.82, 2.24) is 8.96 Å². The largest absolute Gasteiger partial charge is 0.492 e. The summed E-state index contributed by atoms with van der Waals surface area (Å²) in [4.78, 5) is 3.79. The van der Waals surface area contributed by atoms with Crippen LogP contribution >= 0.6 is 11.6 Å². The summed E-state index contributed by atoms with van der Waals surface area (Å²) in [6, 6.07) is 4.41. The van der Waals surface area contributed by atoms with Gasteiger partial charge in [0.1, 0.15) is 17.0 Å². The van der Waals surface area contributed by atoms with Crippen molar-refractivity contribution in [2.75, 3.05) is 6.61 Å². The number of rotatable bonds is 4. The molecule has 0 bridgehead atoms. The molecule has 0 fully saturated rings. The maximum absolute atomic E-state index is 12.3. The van der Waals surface area contributed by atoms with Crippen molar-refractivity contribution < 1.29 is 13.2 Å². The second kappa shape index (κ2) is 4.99. The SMILES string of the molecule is CCOc1cc(Cl)ccc1S(=O)(=O)n1ccnc1. The first-order valence-electron chi connectivity index (χ1n) is 5.21. The lowest BCUT2D eigenvalue weighted by molar-refractivity contribution is 0.331. The summed E-state index contributed by atoms with van der Waals surface area (Å²) in [6.07, 6.45) is 3.98. The molecule has 18 heavy (non-hydrogen) atoms. The van der Waals surface area contributed by atoms with Crippen LogP contribution in [-0.4, -0.2) is 24.0 Å². The van der Waals surface area contributed by atoms with E-state index in [1.165, 1.54) is 36.9 Å². The Labute approximate surface area is 110 Å². The molecule has 0 aliphatic heterocycles. The Morgan fingerprint density at radius 3 is 2.83 bits per heavy atom. The van der Waals surface area contributed by atoms with Gasteiger partial charge in [-0.3, -0.25) is 0 Å². The van der Waals surface area contributed by atoms with Crippen molar-refractivity contribution >= 4 is 21.6 Å². The molecule has 1 aromatic carbocycles. The van der Waals surface area contributed by atoms with E-state index in [2.05, 4.69) is 4.98 Å². The summed E-state index contributed by atoms with van der Waals surface area (Å²) >= 11 is 5.83. The maximum atomic E-state index is 12.3. The molecule has 1 heterocycles. The number of hydrogen-bond acceptors (Lipinski definition) is 4. The number of ether oxygens (including phenoxy) is 1. The first-order valence-corrected chi connectivity index (χ1v) is 7.03. The molecule has 2 rings (SSSR count). The van der Waals surface area contributed by atoms with E-state index in [1.807, 2.05) is 0 Å². The topological polar surface area (TPSA) is 61.2 Å². The van der Waals surface area contributed by atoms with E-state index < -0.39 is 10.0 Å². The zero-order valence-corrected chi connectivity index (χ0v) is 11.1. The van der Waals surface area contributed by atoms with Gasteiger partial charge in [-0.2, -0.15) is 0 Å². The van der Waals surface area contributed by atoms with Gasteiger partial charge in [-0.05, 0) is 19.1 Å². The molecule has 5 nitrogen and oxygen atoms in total. The van der Waals surface area contributed by atoms with Crippen LogP contribution in [-0.2, 0) is 10.0 Å². The van der Waals surface area contributed by atoms with Crippen molar-refractivity contribution in [3.8, 4) is 5.75 Å². The third-order valence-electron chi connectivity index (χ3n) is 2.24. The van der Waals surface area contributed by atoms with Gasteiger partial charge in [0.15, 0.2) is 0 Å². The summed E-state index contributed by atoms with van der Waals surface area (Å²) in [7, 11) is -3.69. The number of benzene rings is 1. The van der Waals surface area contributed by atoms with Crippen LogP contribution in [0.5, 0.6) is 5.75 Å². The molecule has 0 amide bonds. The van der Waals surface area contributed by atoms with E-state index in [4.69, 9.17) is 16.3 Å². The summed E-state index contributed by atoms with van der Waals surface area (Å²) in [6.45, 7) is 2.13. The minimum absolute atomic E-state index is 0.0618. The molecule has 7 heteroatoms. The highest BCUT2D eigenvalue weighted by Crippen LogP contribution is 2.28. The van der Waals surface area contributed by atoms with Crippen LogP contribution in [0.4, 0.5) is 0 Å². The van der Waals surface area contributed by atoms with E-state index in [0.29, 0.717) is 11.6 Å². The summed E-state index contributed by atoms with van der Waals surface area (Å²) < 4.78 is 30.9. The minimum Gasteiger partial charge on any atom is -0.492 e. The second-order valence-corrected chi connectivity index (χ2v) is 5.67. The van der Waals surface area contributed by atoms with Gasteiger partial charge in [-0.25, -0.2) is 17.4 Å². The Morgan fingerprint density at radius 1 is 1.44 bits per heavy atom. The van der Waals surface area contributed by atoms with Crippen LogP contribution < -0.4 is 4.74 Å². The highest BCUT2D eigenvalue weighted by atomic mass is 35.5. The summed E-state index contributed by atoms with van der Waals surface area (Å²) in [5.41, 5.74) is 0. The molecular formula is C11H11ClN2O3S. The van der Waals surface area contributed by atoms with Gasteiger partial charge in [0.25, 0.3) is 10.0 Å². The van der Waals surface area contributed by atoms with Crippen molar-refractivity contribution in [2.45, 2.75) is 11.8 Å². The monoisotopic (exact) mass is 286 g/mol. The third-order valence-corrected chi connectivity index (χ3v) is 4.14. The van der Waals surface area contributed by atoms with E-state index in [0.717, 1.165) is 3.97 Å². The van der Waals surface area contributed by atoms with E-state index in [9.17, 15) is 8.42 Å². The third kappa shape index (κ3) is 2.34. The fourth-order valence-corrected chi connectivity index (χ4v) is 2.86. The van der Waals surface area contributed by atoms with E-state index in [-0.39, 0.29) is 10.6 Å². The van der Waals surface area contributed by atoms with Crippen LogP contribution in [0.1, 0.15) is 6.92 Å². The Balaban J connectivity index is 2.57. The molecule has 0 saturated carbocycles. The smallest absolute Gasteiger partial charge is 0.272 e. The molecule has 0 radical (unpaired) electrons. The molecule has 0 aliphatic carbocycles. The predicted molar refractivity (Wildman–Crippen MR) is 67.4 cm³/mol. The molecule has 0 saturated heterocycles. The Bertz CT molecular complexity index is 638. The van der Waals surface area contributed by atoms with Gasteiger partial charge < -0.3 is 4.74 Å². The number of nitrogens with zero attached hydrogens (tertiary/aromatic N) is 2. The molecule has 1 aromatic heterocycles. The lowest BCUT2D eigenvalue weighted by Gasteiger charge is -2.11. The lowest BCUT2D eigenvalue weighted by Crippen LogP contribution is -2.12. The number of halogens is 1. The van der Waals surface area contributed by atoms with Crippen molar-refractivity contribution in [2.24, 2.45) is 0 Å². The van der Waals surface area contributed by atoms with Crippen molar-refractivity contribution in [1.29, 1.82) is 0 Å². The fourth-order valence-electron chi connectivity index (χ4n) is 1.47.